The summed E-state index contributed by atoms with van der Waals surface area (Å²) in [6, 6.07) is 6.83. The van der Waals surface area contributed by atoms with Crippen LogP contribution in [-0.4, -0.2) is 24.2 Å². The molecule has 74 valence electrons. The number of benzene rings is 1. The van der Waals surface area contributed by atoms with E-state index in [-0.39, 0.29) is 12.5 Å². The number of anilines is 1. The molecular formula is C10H12N2O2. The van der Waals surface area contributed by atoms with Crippen LogP contribution in [0.15, 0.2) is 24.3 Å². The van der Waals surface area contributed by atoms with Gasteiger partial charge in [-0.25, -0.2) is 0 Å². The fourth-order valence-corrected chi connectivity index (χ4v) is 1.75. The Labute approximate surface area is 81.9 Å². The topological polar surface area (TPSA) is 66.6 Å². The zero-order chi connectivity index (χ0) is 10.1. The molecule has 14 heavy (non-hydrogen) atoms. The van der Waals surface area contributed by atoms with Gasteiger partial charge < -0.3 is 15.7 Å². The van der Waals surface area contributed by atoms with Crippen molar-refractivity contribution in [2.24, 2.45) is 5.73 Å². The second kappa shape index (κ2) is 3.40. The summed E-state index contributed by atoms with van der Waals surface area (Å²) < 4.78 is 0. The molecule has 0 aliphatic carbocycles. The van der Waals surface area contributed by atoms with Crippen LogP contribution in [0, 0.1) is 0 Å². The molecule has 1 aliphatic heterocycles. The number of rotatable bonds is 2. The summed E-state index contributed by atoms with van der Waals surface area (Å²) in [5.74, 6) is -0.139. The Hall–Kier alpha value is -1.39. The van der Waals surface area contributed by atoms with E-state index in [1.807, 2.05) is 24.3 Å². The molecule has 0 bridgehead atoms. The van der Waals surface area contributed by atoms with Crippen LogP contribution >= 0.6 is 0 Å². The number of carbonyl (C=O) groups is 1. The van der Waals surface area contributed by atoms with E-state index in [0.717, 1.165) is 11.3 Å². The molecule has 0 saturated heterocycles. The van der Waals surface area contributed by atoms with Gasteiger partial charge in [-0.15, -0.1) is 0 Å². The fraction of sp³-hybridized carbons (Fsp3) is 0.300. The number of nitrogens with zero attached hydrogens (tertiary/aromatic N) is 1. The van der Waals surface area contributed by atoms with Crippen LogP contribution in [0.25, 0.3) is 0 Å². The number of aliphatic hydroxyl groups is 1. The lowest BCUT2D eigenvalue weighted by Crippen LogP contribution is -2.33. The van der Waals surface area contributed by atoms with Gasteiger partial charge in [0.05, 0.1) is 6.61 Å². The predicted octanol–water partition coefficient (Wildman–Crippen LogP) is 0.0253. The smallest absolute Gasteiger partial charge is 0.248 e. The first kappa shape index (κ1) is 9.18. The van der Waals surface area contributed by atoms with Crippen LogP contribution in [0.3, 0.4) is 0 Å². The quantitative estimate of drug-likeness (QED) is 0.694. The summed E-state index contributed by atoms with van der Waals surface area (Å²) >= 11 is 0. The number of β-amino-alcohol motifs (C(OH)–C–C–N with tert-alkyl or cyclic N) is 1. The minimum atomic E-state index is -0.572. The number of fused-ring (bicyclic) bond motifs is 1. The molecule has 3 N–H and O–H groups in total. The van der Waals surface area contributed by atoms with Gasteiger partial charge >= 0.3 is 0 Å². The van der Waals surface area contributed by atoms with E-state index in [0.29, 0.717) is 6.54 Å². The molecule has 0 radical (unpaired) electrons. The first-order valence-corrected chi connectivity index (χ1v) is 4.52. The van der Waals surface area contributed by atoms with Crippen molar-refractivity contribution in [3.8, 4) is 0 Å². The molecule has 1 aromatic carbocycles. The maximum absolute atomic E-state index is 11.6. The Kier molecular flexibility index (Phi) is 2.23. The molecule has 1 aliphatic rings. The highest BCUT2D eigenvalue weighted by molar-refractivity contribution is 6.04. The molecule has 2 rings (SSSR count). The van der Waals surface area contributed by atoms with E-state index < -0.39 is 6.04 Å². The second-order valence-corrected chi connectivity index (χ2v) is 3.25. The Morgan fingerprint density at radius 2 is 2.14 bits per heavy atom. The fourth-order valence-electron chi connectivity index (χ4n) is 1.75. The number of amides is 1. The zero-order valence-electron chi connectivity index (χ0n) is 7.68. The van der Waals surface area contributed by atoms with Crippen LogP contribution in [0.2, 0.25) is 0 Å². The SMILES string of the molecule is NC1C(=O)N(CCO)c2ccccc21. The number of para-hydroxylation sites is 1. The van der Waals surface area contributed by atoms with Crippen molar-refractivity contribution in [3.05, 3.63) is 29.8 Å². The summed E-state index contributed by atoms with van der Waals surface area (Å²) in [7, 11) is 0. The number of aliphatic hydroxyl groups excluding tert-OH is 1. The molecular weight excluding hydrogens is 180 g/mol. The van der Waals surface area contributed by atoms with Crippen LogP contribution in [0.4, 0.5) is 5.69 Å². The number of hydrogen-bond acceptors (Lipinski definition) is 3. The molecule has 4 nitrogen and oxygen atoms in total. The number of hydrogen-bond donors (Lipinski definition) is 2. The Morgan fingerprint density at radius 1 is 1.43 bits per heavy atom. The summed E-state index contributed by atoms with van der Waals surface area (Å²) in [6.45, 7) is 0.260. The van der Waals surface area contributed by atoms with Crippen molar-refractivity contribution in [2.45, 2.75) is 6.04 Å². The number of nitrogens with two attached hydrogens (primary N) is 1. The van der Waals surface area contributed by atoms with E-state index in [2.05, 4.69) is 0 Å². The van der Waals surface area contributed by atoms with Gasteiger partial charge in [-0.3, -0.25) is 4.79 Å². The zero-order valence-corrected chi connectivity index (χ0v) is 7.68. The lowest BCUT2D eigenvalue weighted by atomic mass is 10.1. The lowest BCUT2D eigenvalue weighted by molar-refractivity contribution is -0.119. The van der Waals surface area contributed by atoms with Gasteiger partial charge in [0, 0.05) is 17.8 Å². The molecule has 0 spiro atoms. The Morgan fingerprint density at radius 3 is 2.86 bits per heavy atom. The summed E-state index contributed by atoms with van der Waals surface area (Å²) in [6.07, 6.45) is 0. The Balaban J connectivity index is 2.42. The third-order valence-corrected chi connectivity index (χ3v) is 2.42. The van der Waals surface area contributed by atoms with Gasteiger partial charge in [-0.1, -0.05) is 18.2 Å². The van der Waals surface area contributed by atoms with Crippen molar-refractivity contribution in [1.29, 1.82) is 0 Å². The molecule has 1 atom stereocenters. The largest absolute Gasteiger partial charge is 0.395 e. The van der Waals surface area contributed by atoms with Crippen molar-refractivity contribution in [3.63, 3.8) is 0 Å². The van der Waals surface area contributed by atoms with Gasteiger partial charge in [-0.05, 0) is 6.07 Å². The molecule has 1 unspecified atom stereocenters. The third kappa shape index (κ3) is 1.20. The maximum Gasteiger partial charge on any atom is 0.248 e. The summed E-state index contributed by atoms with van der Waals surface area (Å²) in [5.41, 5.74) is 7.40. The average molecular weight is 192 g/mol. The van der Waals surface area contributed by atoms with E-state index in [1.165, 1.54) is 4.90 Å². The van der Waals surface area contributed by atoms with E-state index >= 15 is 0 Å². The monoisotopic (exact) mass is 192 g/mol. The highest BCUT2D eigenvalue weighted by atomic mass is 16.3. The molecule has 1 heterocycles. The molecule has 0 fully saturated rings. The van der Waals surface area contributed by atoms with Crippen LogP contribution in [-0.2, 0) is 4.79 Å². The highest BCUT2D eigenvalue weighted by Gasteiger charge is 2.33. The molecule has 0 saturated carbocycles. The molecule has 1 aromatic rings. The van der Waals surface area contributed by atoms with Gasteiger partial charge in [-0.2, -0.15) is 0 Å². The van der Waals surface area contributed by atoms with Crippen LogP contribution in [0.5, 0.6) is 0 Å². The summed E-state index contributed by atoms with van der Waals surface area (Å²) in [4.78, 5) is 13.2. The average Bonchev–Trinajstić information content (AvgIpc) is 2.45. The van der Waals surface area contributed by atoms with E-state index in [9.17, 15) is 4.79 Å². The van der Waals surface area contributed by atoms with Crippen molar-refractivity contribution >= 4 is 11.6 Å². The van der Waals surface area contributed by atoms with Gasteiger partial charge in [0.1, 0.15) is 6.04 Å². The molecule has 4 heteroatoms. The molecule has 1 amide bonds. The van der Waals surface area contributed by atoms with Gasteiger partial charge in [0.25, 0.3) is 0 Å². The predicted molar refractivity (Wildman–Crippen MR) is 52.8 cm³/mol. The second-order valence-electron chi connectivity index (χ2n) is 3.25. The highest BCUT2D eigenvalue weighted by Crippen LogP contribution is 2.33. The minimum absolute atomic E-state index is 0.0488. The normalized spacial score (nSPS) is 20.0. The van der Waals surface area contributed by atoms with Crippen molar-refractivity contribution < 1.29 is 9.90 Å². The van der Waals surface area contributed by atoms with E-state index in [1.54, 1.807) is 0 Å². The van der Waals surface area contributed by atoms with Crippen LogP contribution in [0.1, 0.15) is 11.6 Å². The maximum atomic E-state index is 11.6. The summed E-state index contributed by atoms with van der Waals surface area (Å²) in [5, 5.41) is 8.82. The Bertz CT molecular complexity index is 365. The van der Waals surface area contributed by atoms with Crippen LogP contribution < -0.4 is 10.6 Å². The first-order valence-electron chi connectivity index (χ1n) is 4.52. The van der Waals surface area contributed by atoms with Crippen molar-refractivity contribution in [2.75, 3.05) is 18.1 Å². The number of carbonyl (C=O) groups excluding carboxylic acids is 1. The molecule has 0 aromatic heterocycles. The third-order valence-electron chi connectivity index (χ3n) is 2.42. The van der Waals surface area contributed by atoms with Crippen molar-refractivity contribution in [1.82, 2.24) is 0 Å². The van der Waals surface area contributed by atoms with E-state index in [4.69, 9.17) is 10.8 Å². The first-order chi connectivity index (χ1) is 6.75. The minimum Gasteiger partial charge on any atom is -0.395 e. The standard InChI is InChI=1S/C10H12N2O2/c11-9-7-3-1-2-4-8(7)12(5-6-13)10(9)14/h1-4,9,13H,5-6,11H2. The van der Waals surface area contributed by atoms with Gasteiger partial charge in [0.15, 0.2) is 0 Å². The van der Waals surface area contributed by atoms with Gasteiger partial charge in [0.2, 0.25) is 5.91 Å². The lowest BCUT2D eigenvalue weighted by Gasteiger charge is -2.15.